The summed E-state index contributed by atoms with van der Waals surface area (Å²) in [6, 6.07) is 0.336. The minimum absolute atomic E-state index is 0.0570. The SMILES string of the molecule is CCNC(=O)CNC1CCOC1C. The third-order valence-electron chi connectivity index (χ3n) is 2.27. The third-order valence-corrected chi connectivity index (χ3v) is 2.27. The van der Waals surface area contributed by atoms with Crippen molar-refractivity contribution in [3.05, 3.63) is 0 Å². The summed E-state index contributed by atoms with van der Waals surface area (Å²) in [4.78, 5) is 11.1. The van der Waals surface area contributed by atoms with Gasteiger partial charge in [-0.1, -0.05) is 0 Å². The summed E-state index contributed by atoms with van der Waals surface area (Å²) in [5.41, 5.74) is 0. The van der Waals surface area contributed by atoms with Crippen LogP contribution in [-0.2, 0) is 9.53 Å². The van der Waals surface area contributed by atoms with E-state index in [0.717, 1.165) is 13.0 Å². The first-order chi connectivity index (χ1) is 6.24. The Morgan fingerprint density at radius 1 is 1.62 bits per heavy atom. The number of hydrogen-bond donors (Lipinski definition) is 2. The van der Waals surface area contributed by atoms with Crippen molar-refractivity contribution in [1.82, 2.24) is 10.6 Å². The van der Waals surface area contributed by atoms with Gasteiger partial charge in [0.05, 0.1) is 12.6 Å². The van der Waals surface area contributed by atoms with Crippen LogP contribution in [0.2, 0.25) is 0 Å². The predicted molar refractivity (Wildman–Crippen MR) is 50.5 cm³/mol. The van der Waals surface area contributed by atoms with Gasteiger partial charge in [-0.2, -0.15) is 0 Å². The van der Waals surface area contributed by atoms with Gasteiger partial charge < -0.3 is 15.4 Å². The second kappa shape index (κ2) is 5.19. The Balaban J connectivity index is 2.14. The molecule has 0 aromatic rings. The van der Waals surface area contributed by atoms with Gasteiger partial charge in [0.2, 0.25) is 5.91 Å². The molecular weight excluding hydrogens is 168 g/mol. The Morgan fingerprint density at radius 2 is 2.38 bits per heavy atom. The van der Waals surface area contributed by atoms with Crippen LogP contribution in [0.4, 0.5) is 0 Å². The van der Waals surface area contributed by atoms with Gasteiger partial charge in [0.1, 0.15) is 0 Å². The van der Waals surface area contributed by atoms with E-state index in [0.29, 0.717) is 19.1 Å². The molecule has 13 heavy (non-hydrogen) atoms. The van der Waals surface area contributed by atoms with Gasteiger partial charge in [-0.25, -0.2) is 0 Å². The molecule has 0 aliphatic carbocycles. The molecule has 0 bridgehead atoms. The van der Waals surface area contributed by atoms with E-state index in [1.54, 1.807) is 0 Å². The van der Waals surface area contributed by atoms with Crippen LogP contribution < -0.4 is 10.6 Å². The number of carbonyl (C=O) groups is 1. The van der Waals surface area contributed by atoms with Gasteiger partial charge in [-0.15, -0.1) is 0 Å². The van der Waals surface area contributed by atoms with Crippen LogP contribution in [0.5, 0.6) is 0 Å². The van der Waals surface area contributed by atoms with Gasteiger partial charge in [0.15, 0.2) is 0 Å². The Kier molecular flexibility index (Phi) is 4.18. The Labute approximate surface area is 79.0 Å². The topological polar surface area (TPSA) is 50.4 Å². The van der Waals surface area contributed by atoms with Crippen LogP contribution in [0.25, 0.3) is 0 Å². The van der Waals surface area contributed by atoms with Crippen LogP contribution in [0.15, 0.2) is 0 Å². The molecule has 0 aromatic heterocycles. The molecule has 0 radical (unpaired) electrons. The second-order valence-corrected chi connectivity index (χ2v) is 3.31. The van der Waals surface area contributed by atoms with E-state index in [4.69, 9.17) is 4.74 Å². The molecule has 1 rings (SSSR count). The van der Waals surface area contributed by atoms with Crippen LogP contribution in [-0.4, -0.2) is 37.7 Å². The van der Waals surface area contributed by atoms with Crippen molar-refractivity contribution in [2.45, 2.75) is 32.4 Å². The third kappa shape index (κ3) is 3.32. The van der Waals surface area contributed by atoms with E-state index >= 15 is 0 Å². The van der Waals surface area contributed by atoms with Gasteiger partial charge in [0.25, 0.3) is 0 Å². The Bertz CT molecular complexity index is 173. The molecule has 1 saturated heterocycles. The molecule has 4 heteroatoms. The van der Waals surface area contributed by atoms with Crippen molar-refractivity contribution in [3.8, 4) is 0 Å². The quantitative estimate of drug-likeness (QED) is 0.644. The zero-order valence-electron chi connectivity index (χ0n) is 8.30. The zero-order chi connectivity index (χ0) is 9.68. The first kappa shape index (κ1) is 10.5. The largest absolute Gasteiger partial charge is 0.377 e. The molecule has 0 spiro atoms. The highest BCUT2D eigenvalue weighted by Crippen LogP contribution is 2.11. The zero-order valence-corrected chi connectivity index (χ0v) is 8.30. The van der Waals surface area contributed by atoms with E-state index in [1.807, 2.05) is 13.8 Å². The Hall–Kier alpha value is -0.610. The first-order valence-electron chi connectivity index (χ1n) is 4.85. The molecule has 1 aliphatic rings. The smallest absolute Gasteiger partial charge is 0.233 e. The summed E-state index contributed by atoms with van der Waals surface area (Å²) >= 11 is 0. The maximum absolute atomic E-state index is 11.1. The summed E-state index contributed by atoms with van der Waals surface area (Å²) < 4.78 is 5.36. The highest BCUT2D eigenvalue weighted by atomic mass is 16.5. The van der Waals surface area contributed by atoms with Crippen LogP contribution >= 0.6 is 0 Å². The lowest BCUT2D eigenvalue weighted by atomic mass is 10.1. The van der Waals surface area contributed by atoms with Crippen LogP contribution in [0, 0.1) is 0 Å². The Morgan fingerprint density at radius 3 is 2.92 bits per heavy atom. The molecule has 0 saturated carbocycles. The fourth-order valence-corrected chi connectivity index (χ4v) is 1.48. The highest BCUT2D eigenvalue weighted by Gasteiger charge is 2.23. The van der Waals surface area contributed by atoms with Crippen molar-refractivity contribution in [2.75, 3.05) is 19.7 Å². The van der Waals surface area contributed by atoms with Crippen molar-refractivity contribution < 1.29 is 9.53 Å². The van der Waals surface area contributed by atoms with E-state index in [1.165, 1.54) is 0 Å². The van der Waals surface area contributed by atoms with E-state index in [-0.39, 0.29) is 12.0 Å². The number of nitrogens with one attached hydrogen (secondary N) is 2. The van der Waals surface area contributed by atoms with Gasteiger partial charge >= 0.3 is 0 Å². The number of carbonyl (C=O) groups excluding carboxylic acids is 1. The number of amides is 1. The highest BCUT2D eigenvalue weighted by molar-refractivity contribution is 5.77. The van der Waals surface area contributed by atoms with Gasteiger partial charge in [-0.3, -0.25) is 4.79 Å². The van der Waals surface area contributed by atoms with Gasteiger partial charge in [-0.05, 0) is 20.3 Å². The van der Waals surface area contributed by atoms with Crippen molar-refractivity contribution in [3.63, 3.8) is 0 Å². The fourth-order valence-electron chi connectivity index (χ4n) is 1.48. The average Bonchev–Trinajstić information content (AvgIpc) is 2.48. The standard InChI is InChI=1S/C9H18N2O2/c1-3-10-9(12)6-11-8-4-5-13-7(8)2/h7-8,11H,3-6H2,1-2H3,(H,10,12). The van der Waals surface area contributed by atoms with Gasteiger partial charge in [0, 0.05) is 19.2 Å². The van der Waals surface area contributed by atoms with Crippen molar-refractivity contribution in [2.24, 2.45) is 0 Å². The van der Waals surface area contributed by atoms with Crippen molar-refractivity contribution >= 4 is 5.91 Å². The molecule has 76 valence electrons. The molecule has 2 unspecified atom stereocenters. The molecule has 4 nitrogen and oxygen atoms in total. The number of likely N-dealkylation sites (N-methyl/N-ethyl adjacent to an activating group) is 1. The van der Waals surface area contributed by atoms with E-state index in [2.05, 4.69) is 10.6 Å². The molecule has 1 heterocycles. The summed E-state index contributed by atoms with van der Waals surface area (Å²) in [7, 11) is 0. The van der Waals surface area contributed by atoms with Crippen LogP contribution in [0.3, 0.4) is 0 Å². The summed E-state index contributed by atoms with van der Waals surface area (Å²) in [6.45, 7) is 5.83. The monoisotopic (exact) mass is 186 g/mol. The lowest BCUT2D eigenvalue weighted by Crippen LogP contribution is -2.41. The molecule has 1 fully saturated rings. The summed E-state index contributed by atoms with van der Waals surface area (Å²) in [5, 5.41) is 5.92. The van der Waals surface area contributed by atoms with E-state index < -0.39 is 0 Å². The second-order valence-electron chi connectivity index (χ2n) is 3.31. The predicted octanol–water partition coefficient (Wildman–Crippen LogP) is -0.110. The van der Waals surface area contributed by atoms with E-state index in [9.17, 15) is 4.79 Å². The molecule has 2 atom stereocenters. The molecule has 1 amide bonds. The fraction of sp³-hybridized carbons (Fsp3) is 0.889. The number of ether oxygens (including phenoxy) is 1. The maximum Gasteiger partial charge on any atom is 0.233 e. The minimum Gasteiger partial charge on any atom is -0.377 e. The summed E-state index contributed by atoms with van der Waals surface area (Å²) in [5.74, 6) is 0.0570. The maximum atomic E-state index is 11.1. The first-order valence-corrected chi connectivity index (χ1v) is 4.85. The molecule has 1 aliphatic heterocycles. The summed E-state index contributed by atoms with van der Waals surface area (Å²) in [6.07, 6.45) is 1.23. The number of hydrogen-bond acceptors (Lipinski definition) is 3. The van der Waals surface area contributed by atoms with Crippen LogP contribution in [0.1, 0.15) is 20.3 Å². The number of rotatable bonds is 4. The lowest BCUT2D eigenvalue weighted by Gasteiger charge is -2.15. The van der Waals surface area contributed by atoms with Crippen molar-refractivity contribution in [1.29, 1.82) is 0 Å². The average molecular weight is 186 g/mol. The molecule has 0 aromatic carbocycles. The minimum atomic E-state index is 0.0570. The molecular formula is C9H18N2O2. The lowest BCUT2D eigenvalue weighted by molar-refractivity contribution is -0.120. The normalized spacial score (nSPS) is 27.5. The molecule has 2 N–H and O–H groups in total.